The van der Waals surface area contributed by atoms with Crippen LogP contribution in [0, 0.1) is 17.6 Å². The van der Waals surface area contributed by atoms with Gasteiger partial charge in [-0.3, -0.25) is 9.59 Å². The molecule has 27 heavy (non-hydrogen) atoms. The van der Waals surface area contributed by atoms with Gasteiger partial charge >= 0.3 is 0 Å². The number of piperidine rings is 1. The first kappa shape index (κ1) is 17.6. The van der Waals surface area contributed by atoms with Crippen molar-refractivity contribution in [1.82, 2.24) is 9.80 Å². The van der Waals surface area contributed by atoms with E-state index in [9.17, 15) is 18.4 Å². The first-order valence-electron chi connectivity index (χ1n) is 9.12. The van der Waals surface area contributed by atoms with Crippen LogP contribution >= 0.6 is 0 Å². The monoisotopic (exact) mass is 370 g/mol. The molecule has 3 saturated heterocycles. The molecule has 3 aliphatic rings. The quantitative estimate of drug-likeness (QED) is 0.832. The van der Waals surface area contributed by atoms with E-state index in [1.54, 1.807) is 0 Å². The second-order valence-corrected chi connectivity index (χ2v) is 7.19. The Kier molecular flexibility index (Phi) is 4.64. The smallest absolute Gasteiger partial charge is 0.259 e. The number of rotatable bonds is 3. The molecule has 0 aliphatic carbocycles. The van der Waals surface area contributed by atoms with Gasteiger partial charge in [0.15, 0.2) is 0 Å². The Morgan fingerprint density at radius 1 is 0.963 bits per heavy atom. The third-order valence-electron chi connectivity index (χ3n) is 5.45. The van der Waals surface area contributed by atoms with Crippen LogP contribution < -0.4 is 0 Å². The van der Waals surface area contributed by atoms with Crippen LogP contribution in [0.5, 0.6) is 0 Å². The lowest BCUT2D eigenvalue weighted by Gasteiger charge is -2.36. The Labute approximate surface area is 156 Å². The van der Waals surface area contributed by atoms with Crippen molar-refractivity contribution in [3.63, 3.8) is 0 Å². The SMILES string of the molecule is O=C(c1c(F)cccc1F)N1C[C@@H]2CC[C@H](C1)N(Cc1ccccc1)C2=O. The third kappa shape index (κ3) is 3.31. The van der Waals surface area contributed by atoms with Gasteiger partial charge in [0.1, 0.15) is 17.2 Å². The molecule has 0 aromatic heterocycles. The van der Waals surface area contributed by atoms with Crippen LogP contribution in [0.2, 0.25) is 0 Å². The molecule has 2 amide bonds. The largest absolute Gasteiger partial charge is 0.336 e. The van der Waals surface area contributed by atoms with Crippen LogP contribution in [0.15, 0.2) is 48.5 Å². The van der Waals surface area contributed by atoms with E-state index in [1.807, 2.05) is 35.2 Å². The number of amides is 2. The molecule has 5 rings (SSSR count). The molecule has 3 heterocycles. The standard InChI is InChI=1S/C21H20F2N2O2/c22-17-7-4-8-18(23)19(17)21(27)24-12-15-9-10-16(13-24)25(20(15)26)11-14-5-2-1-3-6-14/h1-8,15-16H,9-13H2/t15-,16+/m0/s1. The number of nitrogens with zero attached hydrogens (tertiary/aromatic N) is 2. The van der Waals surface area contributed by atoms with Crippen LogP contribution in [0.25, 0.3) is 0 Å². The van der Waals surface area contributed by atoms with Crippen LogP contribution in [0.1, 0.15) is 28.8 Å². The van der Waals surface area contributed by atoms with Gasteiger partial charge in [0.2, 0.25) is 5.91 Å². The zero-order chi connectivity index (χ0) is 19.0. The summed E-state index contributed by atoms with van der Waals surface area (Å²) >= 11 is 0. The molecular formula is C21H20F2N2O2. The van der Waals surface area contributed by atoms with Crippen LogP contribution in [0.3, 0.4) is 0 Å². The summed E-state index contributed by atoms with van der Waals surface area (Å²) in [5.41, 5.74) is 0.484. The summed E-state index contributed by atoms with van der Waals surface area (Å²) < 4.78 is 28.1. The molecular weight excluding hydrogens is 350 g/mol. The number of fused-ring (bicyclic) bond motifs is 4. The van der Waals surface area contributed by atoms with Crippen molar-refractivity contribution >= 4 is 11.8 Å². The number of carbonyl (C=O) groups excluding carboxylic acids is 2. The summed E-state index contributed by atoms with van der Waals surface area (Å²) in [4.78, 5) is 28.9. The molecule has 0 radical (unpaired) electrons. The highest BCUT2D eigenvalue weighted by atomic mass is 19.1. The summed E-state index contributed by atoms with van der Waals surface area (Å²) in [6.45, 7) is 0.978. The molecule has 2 bridgehead atoms. The second-order valence-electron chi connectivity index (χ2n) is 7.19. The Morgan fingerprint density at radius 3 is 2.37 bits per heavy atom. The topological polar surface area (TPSA) is 40.6 Å². The summed E-state index contributed by atoms with van der Waals surface area (Å²) in [6.07, 6.45) is 1.48. The Balaban J connectivity index is 1.59. The zero-order valence-electron chi connectivity index (χ0n) is 14.8. The van der Waals surface area contributed by atoms with E-state index in [1.165, 1.54) is 11.0 Å². The molecule has 3 aliphatic heterocycles. The third-order valence-corrected chi connectivity index (χ3v) is 5.45. The molecule has 0 unspecified atom stereocenters. The lowest BCUT2D eigenvalue weighted by Crippen LogP contribution is -2.47. The molecule has 2 atom stereocenters. The average Bonchev–Trinajstić information content (AvgIpc) is 2.95. The average molecular weight is 370 g/mol. The minimum Gasteiger partial charge on any atom is -0.336 e. The Bertz CT molecular complexity index is 851. The van der Waals surface area contributed by atoms with Crippen molar-refractivity contribution in [2.24, 2.45) is 5.92 Å². The summed E-state index contributed by atoms with van der Waals surface area (Å²) in [5.74, 6) is -2.74. The van der Waals surface area contributed by atoms with E-state index in [0.29, 0.717) is 19.5 Å². The van der Waals surface area contributed by atoms with Crippen molar-refractivity contribution in [3.05, 3.63) is 71.3 Å². The van der Waals surface area contributed by atoms with Gasteiger partial charge in [-0.15, -0.1) is 0 Å². The number of halogens is 2. The van der Waals surface area contributed by atoms with E-state index >= 15 is 0 Å². The Hall–Kier alpha value is -2.76. The van der Waals surface area contributed by atoms with E-state index in [2.05, 4.69) is 0 Å². The highest BCUT2D eigenvalue weighted by Gasteiger charge is 2.42. The van der Waals surface area contributed by atoms with Gasteiger partial charge in [-0.25, -0.2) is 8.78 Å². The van der Waals surface area contributed by atoms with Gasteiger partial charge in [-0.2, -0.15) is 0 Å². The molecule has 3 fully saturated rings. The lowest BCUT2D eigenvalue weighted by molar-refractivity contribution is -0.140. The first-order chi connectivity index (χ1) is 13.0. The molecule has 0 spiro atoms. The summed E-state index contributed by atoms with van der Waals surface area (Å²) in [6, 6.07) is 12.9. The van der Waals surface area contributed by atoms with Gasteiger partial charge in [-0.1, -0.05) is 36.4 Å². The van der Waals surface area contributed by atoms with E-state index in [4.69, 9.17) is 0 Å². The van der Waals surface area contributed by atoms with Gasteiger partial charge in [0.05, 0.1) is 5.92 Å². The highest BCUT2D eigenvalue weighted by molar-refractivity contribution is 5.95. The summed E-state index contributed by atoms with van der Waals surface area (Å²) in [5, 5.41) is 0. The molecule has 0 saturated carbocycles. The van der Waals surface area contributed by atoms with E-state index < -0.39 is 23.1 Å². The van der Waals surface area contributed by atoms with Crippen LogP contribution in [0.4, 0.5) is 8.78 Å². The van der Waals surface area contributed by atoms with Gasteiger partial charge < -0.3 is 9.80 Å². The van der Waals surface area contributed by atoms with Crippen molar-refractivity contribution in [1.29, 1.82) is 0 Å². The van der Waals surface area contributed by atoms with E-state index in [0.717, 1.165) is 24.1 Å². The molecule has 4 nitrogen and oxygen atoms in total. The maximum Gasteiger partial charge on any atom is 0.259 e. The van der Waals surface area contributed by atoms with Crippen molar-refractivity contribution in [3.8, 4) is 0 Å². The van der Waals surface area contributed by atoms with Gasteiger partial charge in [0.25, 0.3) is 5.91 Å². The fourth-order valence-corrected chi connectivity index (χ4v) is 4.05. The van der Waals surface area contributed by atoms with E-state index in [-0.39, 0.29) is 24.4 Å². The van der Waals surface area contributed by atoms with Crippen LogP contribution in [-0.4, -0.2) is 40.7 Å². The fourth-order valence-electron chi connectivity index (χ4n) is 4.05. The molecule has 2 aromatic carbocycles. The number of benzene rings is 2. The second kappa shape index (κ2) is 7.10. The Morgan fingerprint density at radius 2 is 1.67 bits per heavy atom. The van der Waals surface area contributed by atoms with Gasteiger partial charge in [-0.05, 0) is 30.5 Å². The predicted molar refractivity (Wildman–Crippen MR) is 95.8 cm³/mol. The molecule has 140 valence electrons. The van der Waals surface area contributed by atoms with Crippen LogP contribution in [-0.2, 0) is 11.3 Å². The maximum absolute atomic E-state index is 14.0. The summed E-state index contributed by atoms with van der Waals surface area (Å²) in [7, 11) is 0. The normalized spacial score (nSPS) is 22.1. The first-order valence-corrected chi connectivity index (χ1v) is 9.12. The van der Waals surface area contributed by atoms with Gasteiger partial charge in [0, 0.05) is 25.7 Å². The van der Waals surface area contributed by atoms with Crippen molar-refractivity contribution < 1.29 is 18.4 Å². The predicted octanol–water partition coefficient (Wildman–Crippen LogP) is 3.23. The maximum atomic E-state index is 14.0. The number of carbonyl (C=O) groups is 2. The zero-order valence-corrected chi connectivity index (χ0v) is 14.8. The fraction of sp³-hybridized carbons (Fsp3) is 0.333. The minimum absolute atomic E-state index is 0.0133. The highest BCUT2D eigenvalue weighted by Crippen LogP contribution is 2.31. The number of hydrogen-bond acceptors (Lipinski definition) is 2. The lowest BCUT2D eigenvalue weighted by atomic mass is 9.93. The minimum atomic E-state index is -0.871. The molecule has 0 N–H and O–H groups in total. The molecule has 2 aromatic rings. The van der Waals surface area contributed by atoms with Crippen molar-refractivity contribution in [2.45, 2.75) is 25.4 Å². The molecule has 6 heteroatoms. The number of hydrogen-bond donors (Lipinski definition) is 0. The van der Waals surface area contributed by atoms with Crippen molar-refractivity contribution in [2.75, 3.05) is 13.1 Å².